The second kappa shape index (κ2) is 5.55. The molecule has 1 aliphatic rings. The molecule has 1 atom stereocenters. The van der Waals surface area contributed by atoms with Gasteiger partial charge in [-0.3, -0.25) is 9.67 Å². The second-order valence-corrected chi connectivity index (χ2v) is 5.36. The van der Waals surface area contributed by atoms with Gasteiger partial charge in [0.1, 0.15) is 11.9 Å². The normalized spacial score (nSPS) is 18.4. The van der Waals surface area contributed by atoms with Crippen LogP contribution in [0, 0.1) is 4.77 Å². The van der Waals surface area contributed by atoms with Crippen molar-refractivity contribution in [2.45, 2.75) is 18.9 Å². The van der Waals surface area contributed by atoms with Crippen LogP contribution in [0.25, 0.3) is 5.69 Å². The zero-order valence-corrected chi connectivity index (χ0v) is 12.5. The summed E-state index contributed by atoms with van der Waals surface area (Å²) >= 11 is 11.4. The van der Waals surface area contributed by atoms with Crippen LogP contribution in [-0.4, -0.2) is 28.5 Å². The minimum absolute atomic E-state index is 0.0494. The molecule has 106 valence electrons. The Morgan fingerprint density at radius 3 is 3.10 bits per heavy atom. The number of hydrogen-bond donors (Lipinski definition) is 1. The van der Waals surface area contributed by atoms with E-state index < -0.39 is 0 Å². The largest absolute Gasteiger partial charge is 0.495 e. The summed E-state index contributed by atoms with van der Waals surface area (Å²) in [4.78, 5) is 0. The van der Waals surface area contributed by atoms with Crippen molar-refractivity contribution in [2.75, 3.05) is 13.7 Å². The molecule has 0 amide bonds. The number of hydrogen-bond acceptors (Lipinski definition) is 4. The zero-order chi connectivity index (χ0) is 14.1. The number of aromatic amines is 1. The summed E-state index contributed by atoms with van der Waals surface area (Å²) in [5, 5.41) is 7.74. The van der Waals surface area contributed by atoms with Crippen molar-refractivity contribution < 1.29 is 9.47 Å². The van der Waals surface area contributed by atoms with Gasteiger partial charge >= 0.3 is 0 Å². The van der Waals surface area contributed by atoms with E-state index in [2.05, 4.69) is 10.2 Å². The lowest BCUT2D eigenvalue weighted by atomic mass is 10.2. The van der Waals surface area contributed by atoms with Gasteiger partial charge in [0.2, 0.25) is 0 Å². The summed E-state index contributed by atoms with van der Waals surface area (Å²) < 4.78 is 13.4. The molecule has 0 aliphatic carbocycles. The van der Waals surface area contributed by atoms with E-state index in [0.717, 1.165) is 31.0 Å². The molecule has 2 heterocycles. The lowest BCUT2D eigenvalue weighted by Crippen LogP contribution is -2.08. The van der Waals surface area contributed by atoms with Gasteiger partial charge in [0.15, 0.2) is 10.6 Å². The number of benzene rings is 1. The topological polar surface area (TPSA) is 52.1 Å². The van der Waals surface area contributed by atoms with Crippen LogP contribution in [0.5, 0.6) is 5.75 Å². The third-order valence-corrected chi connectivity index (χ3v) is 3.81. The van der Waals surface area contributed by atoms with Crippen molar-refractivity contribution in [1.82, 2.24) is 14.8 Å². The molecule has 0 radical (unpaired) electrons. The van der Waals surface area contributed by atoms with Crippen molar-refractivity contribution >= 4 is 23.8 Å². The van der Waals surface area contributed by atoms with E-state index in [1.807, 2.05) is 16.7 Å². The molecule has 2 aromatic rings. The number of halogens is 1. The number of aromatic nitrogens is 3. The maximum atomic E-state index is 6.09. The predicted octanol–water partition coefficient (Wildman–Crippen LogP) is 3.44. The van der Waals surface area contributed by atoms with Gasteiger partial charge in [-0.05, 0) is 43.3 Å². The maximum Gasteiger partial charge on any atom is 0.200 e. The first-order valence-corrected chi connectivity index (χ1v) is 7.12. The van der Waals surface area contributed by atoms with Gasteiger partial charge in [0.05, 0.1) is 12.8 Å². The second-order valence-electron chi connectivity index (χ2n) is 4.54. The highest BCUT2D eigenvalue weighted by molar-refractivity contribution is 7.71. The number of methoxy groups -OCH3 is 1. The Kier molecular flexibility index (Phi) is 3.78. The summed E-state index contributed by atoms with van der Waals surface area (Å²) in [7, 11) is 1.61. The number of rotatable bonds is 3. The van der Waals surface area contributed by atoms with Crippen molar-refractivity contribution in [2.24, 2.45) is 0 Å². The standard InChI is InChI=1S/C13H14ClN3O2S/c1-18-10-5-4-8(14)7-9(10)17-12(15-16-13(17)20)11-3-2-6-19-11/h4-5,7,11H,2-3,6H2,1H3,(H,16,20). The maximum absolute atomic E-state index is 6.09. The molecule has 20 heavy (non-hydrogen) atoms. The van der Waals surface area contributed by atoms with Gasteiger partial charge in [-0.15, -0.1) is 0 Å². The minimum Gasteiger partial charge on any atom is -0.495 e. The molecule has 7 heteroatoms. The quantitative estimate of drug-likeness (QED) is 0.882. The van der Waals surface area contributed by atoms with Crippen LogP contribution < -0.4 is 4.74 Å². The predicted molar refractivity (Wildman–Crippen MR) is 78.2 cm³/mol. The first kappa shape index (κ1) is 13.6. The number of nitrogens with one attached hydrogen (secondary N) is 1. The third kappa shape index (κ3) is 2.34. The minimum atomic E-state index is -0.0494. The van der Waals surface area contributed by atoms with Crippen LogP contribution in [0.2, 0.25) is 5.02 Å². The first-order valence-electron chi connectivity index (χ1n) is 6.33. The summed E-state index contributed by atoms with van der Waals surface area (Å²) in [6, 6.07) is 5.40. The van der Waals surface area contributed by atoms with E-state index in [1.165, 1.54) is 0 Å². The van der Waals surface area contributed by atoms with E-state index in [0.29, 0.717) is 15.5 Å². The molecule has 0 bridgehead atoms. The number of ether oxygens (including phenoxy) is 2. The van der Waals surface area contributed by atoms with E-state index in [4.69, 9.17) is 33.3 Å². The van der Waals surface area contributed by atoms with Gasteiger partial charge in [-0.25, -0.2) is 0 Å². The van der Waals surface area contributed by atoms with Crippen LogP contribution in [-0.2, 0) is 4.74 Å². The lowest BCUT2D eigenvalue weighted by Gasteiger charge is -2.14. The molecule has 0 spiro atoms. The Hall–Kier alpha value is -1.37. The molecule has 1 aliphatic heterocycles. The van der Waals surface area contributed by atoms with Gasteiger partial charge in [-0.2, -0.15) is 5.10 Å². The molecule has 1 aromatic carbocycles. The highest BCUT2D eigenvalue weighted by Gasteiger charge is 2.25. The average Bonchev–Trinajstić information content (AvgIpc) is 3.07. The van der Waals surface area contributed by atoms with Crippen LogP contribution in [0.3, 0.4) is 0 Å². The average molecular weight is 312 g/mol. The fourth-order valence-electron chi connectivity index (χ4n) is 2.38. The SMILES string of the molecule is COc1ccc(Cl)cc1-n1c(C2CCCO2)n[nH]c1=S. The van der Waals surface area contributed by atoms with Crippen molar-refractivity contribution in [3.8, 4) is 11.4 Å². The highest BCUT2D eigenvalue weighted by atomic mass is 35.5. The zero-order valence-electron chi connectivity index (χ0n) is 10.9. The summed E-state index contributed by atoms with van der Waals surface area (Å²) in [6.45, 7) is 0.747. The number of H-pyrrole nitrogens is 1. The molecule has 3 rings (SSSR count). The van der Waals surface area contributed by atoms with E-state index in [9.17, 15) is 0 Å². The van der Waals surface area contributed by atoms with Gasteiger partial charge < -0.3 is 9.47 Å². The van der Waals surface area contributed by atoms with Crippen molar-refractivity contribution in [3.05, 3.63) is 33.8 Å². The monoisotopic (exact) mass is 311 g/mol. The van der Waals surface area contributed by atoms with Crippen LogP contribution in [0.4, 0.5) is 0 Å². The van der Waals surface area contributed by atoms with Crippen molar-refractivity contribution in [1.29, 1.82) is 0 Å². The van der Waals surface area contributed by atoms with Gasteiger partial charge in [0, 0.05) is 11.6 Å². The van der Waals surface area contributed by atoms with Gasteiger partial charge in [-0.1, -0.05) is 11.6 Å². The van der Waals surface area contributed by atoms with E-state index >= 15 is 0 Å². The van der Waals surface area contributed by atoms with Gasteiger partial charge in [0.25, 0.3) is 0 Å². The molecular formula is C13H14ClN3O2S. The third-order valence-electron chi connectivity index (χ3n) is 3.30. The molecule has 0 saturated carbocycles. The molecule has 1 unspecified atom stereocenters. The molecule has 1 fully saturated rings. The fraction of sp³-hybridized carbons (Fsp3) is 0.385. The Balaban J connectivity index is 2.16. The highest BCUT2D eigenvalue weighted by Crippen LogP contribution is 2.32. The molecule has 1 N–H and O–H groups in total. The molecule has 5 nitrogen and oxygen atoms in total. The molecule has 1 aromatic heterocycles. The van der Waals surface area contributed by atoms with E-state index in [-0.39, 0.29) is 6.10 Å². The smallest absolute Gasteiger partial charge is 0.200 e. The van der Waals surface area contributed by atoms with Crippen molar-refractivity contribution in [3.63, 3.8) is 0 Å². The summed E-state index contributed by atoms with van der Waals surface area (Å²) in [6.07, 6.45) is 1.91. The first-order chi connectivity index (χ1) is 9.70. The lowest BCUT2D eigenvalue weighted by molar-refractivity contribution is 0.103. The Morgan fingerprint density at radius 2 is 2.40 bits per heavy atom. The van der Waals surface area contributed by atoms with E-state index in [1.54, 1.807) is 13.2 Å². The van der Waals surface area contributed by atoms with Crippen LogP contribution >= 0.6 is 23.8 Å². The fourth-order valence-corrected chi connectivity index (χ4v) is 2.78. The summed E-state index contributed by atoms with van der Waals surface area (Å²) in [5.41, 5.74) is 0.768. The Morgan fingerprint density at radius 1 is 1.55 bits per heavy atom. The van der Waals surface area contributed by atoms with Crippen LogP contribution in [0.1, 0.15) is 24.8 Å². The number of nitrogens with zero attached hydrogens (tertiary/aromatic N) is 2. The Labute approximate surface area is 126 Å². The molecule has 1 saturated heterocycles. The summed E-state index contributed by atoms with van der Waals surface area (Å²) in [5.74, 6) is 1.44. The van der Waals surface area contributed by atoms with Crippen LogP contribution in [0.15, 0.2) is 18.2 Å². The molecular weight excluding hydrogens is 298 g/mol. The Bertz CT molecular complexity index is 676.